The average molecular weight is 413 g/mol. The molecule has 0 atom stereocenters. The first-order valence-electron chi connectivity index (χ1n) is 7.03. The zero-order valence-corrected chi connectivity index (χ0v) is 16.9. The Hall–Kier alpha value is -0.990. The van der Waals surface area contributed by atoms with E-state index in [9.17, 15) is 4.79 Å². The number of hydrogen-bond acceptors (Lipinski definition) is 6. The van der Waals surface area contributed by atoms with Crippen LogP contribution in [0.5, 0.6) is 0 Å². The number of thioether (sulfide) groups is 1. The summed E-state index contributed by atoms with van der Waals surface area (Å²) in [4.78, 5) is 14.6. The maximum absolute atomic E-state index is 12.4. The first-order chi connectivity index (χ1) is 11.4. The highest BCUT2D eigenvalue weighted by molar-refractivity contribution is 8.01. The van der Waals surface area contributed by atoms with Crippen molar-refractivity contribution in [2.75, 3.05) is 5.75 Å². The van der Waals surface area contributed by atoms with Crippen LogP contribution in [-0.4, -0.2) is 21.3 Å². The Morgan fingerprint density at radius 1 is 1.29 bits per heavy atom. The minimum absolute atomic E-state index is 0.126. The van der Waals surface area contributed by atoms with Gasteiger partial charge in [-0.15, -0.1) is 16.4 Å². The minimum atomic E-state index is 0.126. The molecule has 0 saturated carbocycles. The van der Waals surface area contributed by atoms with Gasteiger partial charge in [0.25, 0.3) is 0 Å². The van der Waals surface area contributed by atoms with Crippen molar-refractivity contribution in [3.05, 3.63) is 54.6 Å². The second-order valence-corrected chi connectivity index (χ2v) is 9.80. The van der Waals surface area contributed by atoms with Gasteiger partial charge in [-0.25, -0.2) is 4.68 Å². The van der Waals surface area contributed by atoms with Crippen molar-refractivity contribution in [3.8, 4) is 5.69 Å². The average Bonchev–Trinajstić information content (AvgIpc) is 3.08. The van der Waals surface area contributed by atoms with Crippen LogP contribution in [-0.2, 0) is 0 Å². The molecule has 0 aliphatic carbocycles. The first kappa shape index (κ1) is 17.8. The Morgan fingerprint density at radius 2 is 2.00 bits per heavy atom. The van der Waals surface area contributed by atoms with Crippen molar-refractivity contribution in [2.45, 2.75) is 18.2 Å². The number of carbonyl (C=O) groups excluding carboxylic acids is 1. The lowest BCUT2D eigenvalue weighted by Gasteiger charge is -2.00. The maximum atomic E-state index is 12.4. The Balaban J connectivity index is 1.74. The van der Waals surface area contributed by atoms with Crippen molar-refractivity contribution < 1.29 is 4.79 Å². The first-order valence-corrected chi connectivity index (χ1v) is 10.4. The highest BCUT2D eigenvalue weighted by atomic mass is 35.5. The van der Waals surface area contributed by atoms with E-state index < -0.39 is 0 Å². The molecule has 3 nitrogen and oxygen atoms in total. The largest absolute Gasteiger partial charge is 0.293 e. The summed E-state index contributed by atoms with van der Waals surface area (Å²) < 4.78 is 3.13. The van der Waals surface area contributed by atoms with Crippen molar-refractivity contribution in [3.63, 3.8) is 0 Å². The van der Waals surface area contributed by atoms with E-state index in [2.05, 4.69) is 5.10 Å². The van der Waals surface area contributed by atoms with Gasteiger partial charge in [0.15, 0.2) is 14.1 Å². The Kier molecular flexibility index (Phi) is 5.56. The van der Waals surface area contributed by atoms with Gasteiger partial charge in [-0.05, 0) is 56.4 Å². The number of carbonyl (C=O) groups is 1. The highest BCUT2D eigenvalue weighted by Gasteiger charge is 2.14. The lowest BCUT2D eigenvalue weighted by atomic mass is 10.2. The molecule has 0 N–H and O–H groups in total. The van der Waals surface area contributed by atoms with Gasteiger partial charge in [0.1, 0.15) is 0 Å². The number of Topliss-reactive ketones (excluding diaryl/α,β-unsaturated/α-hetero) is 1. The zero-order chi connectivity index (χ0) is 17.3. The fourth-order valence-electron chi connectivity index (χ4n) is 2.18. The van der Waals surface area contributed by atoms with Gasteiger partial charge in [-0.1, -0.05) is 34.7 Å². The Morgan fingerprint density at radius 3 is 2.62 bits per heavy atom. The van der Waals surface area contributed by atoms with E-state index in [0.717, 1.165) is 25.3 Å². The number of halogens is 1. The van der Waals surface area contributed by atoms with Crippen LogP contribution in [0, 0.1) is 17.8 Å². The standard InChI is InChI=1S/C16H13ClN2OS4/c1-9-7-13(10(2)23-9)14(20)8-22-15-18-19(16(21)24-15)12-5-3-11(17)4-6-12/h3-7H,8H2,1-2H3. The van der Waals surface area contributed by atoms with Gasteiger partial charge in [0.05, 0.1) is 11.4 Å². The molecule has 0 fully saturated rings. The Bertz CT molecular complexity index is 940. The van der Waals surface area contributed by atoms with Crippen LogP contribution >= 0.6 is 58.3 Å². The second-order valence-electron chi connectivity index (χ2n) is 5.06. The molecule has 0 unspecified atom stereocenters. The molecule has 124 valence electrons. The zero-order valence-electron chi connectivity index (χ0n) is 12.9. The molecule has 0 radical (unpaired) electrons. The topological polar surface area (TPSA) is 34.9 Å². The van der Waals surface area contributed by atoms with Crippen molar-refractivity contribution >= 4 is 64.0 Å². The van der Waals surface area contributed by atoms with E-state index in [1.807, 2.05) is 32.0 Å². The fraction of sp³-hybridized carbons (Fsp3) is 0.188. The van der Waals surface area contributed by atoms with Crippen LogP contribution in [0.4, 0.5) is 0 Å². The predicted octanol–water partition coefficient (Wildman–Crippen LogP) is 5.97. The van der Waals surface area contributed by atoms with Crippen LogP contribution in [0.2, 0.25) is 5.02 Å². The summed E-state index contributed by atoms with van der Waals surface area (Å²) in [6.07, 6.45) is 0. The van der Waals surface area contributed by atoms with Crippen LogP contribution in [0.1, 0.15) is 20.1 Å². The number of benzene rings is 1. The second kappa shape index (κ2) is 7.49. The van der Waals surface area contributed by atoms with Gasteiger partial charge >= 0.3 is 0 Å². The number of rotatable bonds is 5. The molecule has 2 heterocycles. The third-order valence-corrected chi connectivity index (χ3v) is 6.85. The lowest BCUT2D eigenvalue weighted by molar-refractivity contribution is 0.102. The van der Waals surface area contributed by atoms with Crippen molar-refractivity contribution in [1.29, 1.82) is 0 Å². The summed E-state index contributed by atoms with van der Waals surface area (Å²) in [5, 5.41) is 5.17. The van der Waals surface area contributed by atoms with E-state index in [4.69, 9.17) is 23.8 Å². The van der Waals surface area contributed by atoms with E-state index in [-0.39, 0.29) is 5.78 Å². The molecule has 1 aromatic carbocycles. The molecule has 0 bridgehead atoms. The molecule has 0 amide bonds. The third kappa shape index (κ3) is 3.97. The number of thiophene rings is 1. The molecular weight excluding hydrogens is 400 g/mol. The number of nitrogens with zero attached hydrogens (tertiary/aromatic N) is 2. The molecule has 0 saturated heterocycles. The monoisotopic (exact) mass is 412 g/mol. The van der Waals surface area contributed by atoms with E-state index in [1.165, 1.54) is 23.1 Å². The van der Waals surface area contributed by atoms with Crippen LogP contribution in [0.15, 0.2) is 34.7 Å². The molecule has 3 aromatic rings. The minimum Gasteiger partial charge on any atom is -0.293 e. The van der Waals surface area contributed by atoms with Crippen LogP contribution < -0.4 is 0 Å². The molecule has 0 spiro atoms. The molecular formula is C16H13ClN2OS4. The molecule has 3 rings (SSSR count). The molecule has 24 heavy (non-hydrogen) atoms. The number of ketones is 1. The SMILES string of the molecule is Cc1cc(C(=O)CSc2nn(-c3ccc(Cl)cc3)c(=S)s2)c(C)s1. The summed E-state index contributed by atoms with van der Waals surface area (Å²) in [5.74, 6) is 0.487. The summed E-state index contributed by atoms with van der Waals surface area (Å²) in [6, 6.07) is 9.30. The van der Waals surface area contributed by atoms with Crippen molar-refractivity contribution in [2.24, 2.45) is 0 Å². The quantitative estimate of drug-likeness (QED) is 0.293. The van der Waals surface area contributed by atoms with Gasteiger partial charge < -0.3 is 0 Å². The van der Waals surface area contributed by atoms with Gasteiger partial charge in [0.2, 0.25) is 0 Å². The molecule has 0 aliphatic rings. The normalized spacial score (nSPS) is 11.0. The lowest BCUT2D eigenvalue weighted by Crippen LogP contribution is -2.02. The van der Waals surface area contributed by atoms with Gasteiger partial charge in [0, 0.05) is 20.3 Å². The molecule has 0 aliphatic heterocycles. The number of aryl methyl sites for hydroxylation is 2. The molecule has 8 heteroatoms. The number of hydrogen-bond donors (Lipinski definition) is 0. The van der Waals surface area contributed by atoms with E-state index in [0.29, 0.717) is 14.7 Å². The van der Waals surface area contributed by atoms with Gasteiger partial charge in [-0.2, -0.15) is 0 Å². The fourth-order valence-corrected chi connectivity index (χ4v) is 5.49. The molecule has 2 aromatic heterocycles. The summed E-state index contributed by atoms with van der Waals surface area (Å²) >= 11 is 15.8. The van der Waals surface area contributed by atoms with Crippen molar-refractivity contribution in [1.82, 2.24) is 9.78 Å². The third-order valence-electron chi connectivity index (χ3n) is 3.27. The summed E-state index contributed by atoms with van der Waals surface area (Å²) in [5.41, 5.74) is 1.67. The maximum Gasteiger partial charge on any atom is 0.184 e. The smallest absolute Gasteiger partial charge is 0.184 e. The van der Waals surface area contributed by atoms with Crippen LogP contribution in [0.3, 0.4) is 0 Å². The van der Waals surface area contributed by atoms with Crippen LogP contribution in [0.25, 0.3) is 5.69 Å². The van der Waals surface area contributed by atoms with E-state index in [1.54, 1.807) is 28.2 Å². The summed E-state index contributed by atoms with van der Waals surface area (Å²) in [7, 11) is 0. The van der Waals surface area contributed by atoms with E-state index >= 15 is 0 Å². The van der Waals surface area contributed by atoms with Gasteiger partial charge in [-0.3, -0.25) is 4.79 Å². The Labute approximate surface area is 162 Å². The highest BCUT2D eigenvalue weighted by Crippen LogP contribution is 2.27. The number of aromatic nitrogens is 2. The predicted molar refractivity (Wildman–Crippen MR) is 106 cm³/mol. The summed E-state index contributed by atoms with van der Waals surface area (Å²) in [6.45, 7) is 4.00.